The van der Waals surface area contributed by atoms with E-state index in [1.54, 1.807) is 0 Å². The first-order valence-corrected chi connectivity index (χ1v) is 19.2. The Bertz CT molecular complexity index is 3050. The molecule has 3 nitrogen and oxygen atoms in total. The van der Waals surface area contributed by atoms with E-state index in [-0.39, 0.29) is 0 Å². The van der Waals surface area contributed by atoms with Crippen molar-refractivity contribution in [2.24, 2.45) is 0 Å². The molecule has 0 bridgehead atoms. The van der Waals surface area contributed by atoms with Gasteiger partial charge in [-0.25, -0.2) is 9.97 Å². The average Bonchev–Trinajstić information content (AvgIpc) is 3.59. The highest BCUT2D eigenvalue weighted by molar-refractivity contribution is 7.75. The molecule has 0 saturated heterocycles. The maximum atomic E-state index is 8.65. The summed E-state index contributed by atoms with van der Waals surface area (Å²) in [7, 11) is -1.21. The van der Waals surface area contributed by atoms with Crippen LogP contribution >= 0.6 is 19.4 Å². The van der Waals surface area contributed by atoms with Crippen LogP contribution in [0.25, 0.3) is 75.0 Å². The van der Waals surface area contributed by atoms with Crippen LogP contribution in [0.5, 0.6) is 0 Å². The van der Waals surface area contributed by atoms with E-state index in [9.17, 15) is 0 Å². The van der Waals surface area contributed by atoms with E-state index in [0.29, 0.717) is 12.0 Å². The molecule has 1 atom stereocenters. The fourth-order valence-corrected chi connectivity index (χ4v) is 11.7. The molecular weight excluding hydrogens is 658 g/mol. The lowest BCUT2D eigenvalue weighted by Crippen LogP contribution is -2.31. The molecule has 2 aromatic heterocycles. The third-order valence-electron chi connectivity index (χ3n) is 10.1. The Kier molecular flexibility index (Phi) is 6.17. The van der Waals surface area contributed by atoms with E-state index in [1.807, 2.05) is 23.5 Å². The molecule has 0 aliphatic carbocycles. The highest BCUT2D eigenvalue weighted by Gasteiger charge is 2.39. The number of fused-ring (bicyclic) bond motifs is 13. The van der Waals surface area contributed by atoms with Crippen molar-refractivity contribution in [1.82, 2.24) is 9.97 Å². The minimum Gasteiger partial charge on any atom is -0.278 e. The van der Waals surface area contributed by atoms with E-state index in [4.69, 9.17) is 11.3 Å². The number of para-hydroxylation sites is 1. The van der Waals surface area contributed by atoms with Gasteiger partial charge in [-0.1, -0.05) is 158 Å². The molecule has 10 aromatic rings. The lowest BCUT2D eigenvalue weighted by Gasteiger charge is -2.40. The zero-order valence-corrected chi connectivity index (χ0v) is 29.0. The maximum absolute atomic E-state index is 8.65. The molecule has 11 rings (SSSR count). The topological polar surface area (TPSA) is 29.0 Å². The summed E-state index contributed by atoms with van der Waals surface area (Å²) in [4.78, 5) is 11.0. The number of rotatable bonds is 3. The van der Waals surface area contributed by atoms with Crippen molar-refractivity contribution in [1.29, 1.82) is 0 Å². The molecule has 1 unspecified atom stereocenters. The minimum atomic E-state index is -1.21. The highest BCUT2D eigenvalue weighted by atomic mass is 32.1. The van der Waals surface area contributed by atoms with E-state index < -0.39 is 8.07 Å². The molecule has 8 aromatic carbocycles. The zero-order valence-electron chi connectivity index (χ0n) is 28.3. The van der Waals surface area contributed by atoms with Crippen molar-refractivity contribution in [3.63, 3.8) is 0 Å². The van der Waals surface area contributed by atoms with E-state index >= 15 is 0 Å². The van der Waals surface area contributed by atoms with Crippen LogP contribution in [0.2, 0.25) is 0 Å². The second kappa shape index (κ2) is 11.3. The van der Waals surface area contributed by atoms with Crippen molar-refractivity contribution in [2.45, 2.75) is 0 Å². The normalized spacial score (nSPS) is 14.3. The molecule has 238 valence electrons. The van der Waals surface area contributed by atoms with Crippen LogP contribution in [0.3, 0.4) is 0 Å². The van der Waals surface area contributed by atoms with Crippen molar-refractivity contribution < 1.29 is 1.37 Å². The quantitative estimate of drug-likeness (QED) is 0.173. The number of benzene rings is 8. The first-order valence-electron chi connectivity index (χ1n) is 17.6. The molecule has 0 radical (unpaired) electrons. The predicted octanol–water partition coefficient (Wildman–Crippen LogP) is 12.1. The number of aromatic nitrogens is 2. The summed E-state index contributed by atoms with van der Waals surface area (Å²) in [5.74, 6) is 0.683. The highest BCUT2D eigenvalue weighted by Crippen LogP contribution is 2.62. The standard InChI is InChI=1S/C46H28N3PS/c1-3-16-30(17-4-1)43-35-23-11-13-25-37(35)47-46(48-43)49-44-42(34-22-10-9-21-33(34)40-36-24-12-14-26-39(36)51-45(40)44)41-32-20-8-7-15-29(32)27-28-38(41)50(49)31-18-5-2-6-19-31/h1-28H/i12D. The van der Waals surface area contributed by atoms with Gasteiger partial charge in [-0.3, -0.25) is 4.67 Å². The Labute approximate surface area is 301 Å². The molecule has 1 aliphatic rings. The Morgan fingerprint density at radius 1 is 0.549 bits per heavy atom. The summed E-state index contributed by atoms with van der Waals surface area (Å²) in [6, 6.07) is 58.6. The van der Waals surface area contributed by atoms with Gasteiger partial charge in [0.15, 0.2) is 0 Å². The molecular formula is C46H28N3PS. The number of anilines is 2. The molecule has 0 fully saturated rings. The first kappa shape index (κ1) is 27.8. The Morgan fingerprint density at radius 2 is 1.25 bits per heavy atom. The Hall–Kier alpha value is -5.93. The van der Waals surface area contributed by atoms with E-state index in [0.717, 1.165) is 33.2 Å². The summed E-state index contributed by atoms with van der Waals surface area (Å²) in [6.45, 7) is 0. The predicted molar refractivity (Wildman–Crippen MR) is 220 cm³/mol. The van der Waals surface area contributed by atoms with Crippen LogP contribution in [0, 0.1) is 0 Å². The fourth-order valence-electron chi connectivity index (χ4n) is 7.93. The maximum Gasteiger partial charge on any atom is 0.235 e. The van der Waals surface area contributed by atoms with Gasteiger partial charge in [0.2, 0.25) is 5.95 Å². The van der Waals surface area contributed by atoms with Gasteiger partial charge >= 0.3 is 0 Å². The van der Waals surface area contributed by atoms with Gasteiger partial charge in [0, 0.05) is 48.2 Å². The van der Waals surface area contributed by atoms with Gasteiger partial charge < -0.3 is 0 Å². The van der Waals surface area contributed by atoms with Gasteiger partial charge in [0.1, 0.15) is 0 Å². The van der Waals surface area contributed by atoms with Crippen LogP contribution in [-0.4, -0.2) is 9.97 Å². The molecule has 3 heterocycles. The SMILES string of the molecule is [2H]c1ccc2sc3c4c(c5ccccc5c3c2c1)-c1c(ccc2ccccc12)P(c1ccccc1)N4c1nc(-c2ccccc2)c2ccccc2n1. The summed E-state index contributed by atoms with van der Waals surface area (Å²) in [5.41, 5.74) is 6.51. The smallest absolute Gasteiger partial charge is 0.235 e. The van der Waals surface area contributed by atoms with Gasteiger partial charge in [-0.2, -0.15) is 0 Å². The molecule has 51 heavy (non-hydrogen) atoms. The summed E-state index contributed by atoms with van der Waals surface area (Å²) >= 11 is 1.81. The second-order valence-corrected chi connectivity index (χ2v) is 16.0. The Balaban J connectivity index is 1.38. The largest absolute Gasteiger partial charge is 0.278 e. The van der Waals surface area contributed by atoms with Gasteiger partial charge in [0.05, 0.1) is 31.0 Å². The average molecular weight is 687 g/mol. The first-order chi connectivity index (χ1) is 25.7. The summed E-state index contributed by atoms with van der Waals surface area (Å²) in [5, 5.41) is 10.7. The lowest BCUT2D eigenvalue weighted by atomic mass is 9.90. The third-order valence-corrected chi connectivity index (χ3v) is 13.6. The monoisotopic (exact) mass is 686 g/mol. The molecule has 5 heteroatoms. The van der Waals surface area contributed by atoms with Crippen LogP contribution < -0.4 is 15.3 Å². The fraction of sp³-hybridized carbons (Fsp3) is 0. The van der Waals surface area contributed by atoms with E-state index in [2.05, 4.69) is 156 Å². The summed E-state index contributed by atoms with van der Waals surface area (Å²) < 4.78 is 13.5. The Morgan fingerprint density at radius 3 is 2.10 bits per heavy atom. The lowest BCUT2D eigenvalue weighted by molar-refractivity contribution is 1.17. The van der Waals surface area contributed by atoms with Crippen molar-refractivity contribution >= 4 is 94.3 Å². The van der Waals surface area contributed by atoms with E-state index in [1.165, 1.54) is 58.1 Å². The number of nitrogens with zero attached hydrogens (tertiary/aromatic N) is 3. The number of hydrogen-bond acceptors (Lipinski definition) is 4. The molecule has 0 amide bonds. The van der Waals surface area contributed by atoms with Crippen LogP contribution in [0.15, 0.2) is 170 Å². The van der Waals surface area contributed by atoms with Crippen molar-refractivity contribution in [3.05, 3.63) is 170 Å². The molecule has 1 aliphatic heterocycles. The van der Waals surface area contributed by atoms with Gasteiger partial charge in [-0.15, -0.1) is 11.3 Å². The number of thiophene rings is 1. The molecule has 0 saturated carbocycles. The van der Waals surface area contributed by atoms with Crippen LogP contribution in [0.1, 0.15) is 1.37 Å². The molecule has 0 N–H and O–H groups in total. The van der Waals surface area contributed by atoms with Gasteiger partial charge in [0.25, 0.3) is 0 Å². The van der Waals surface area contributed by atoms with Crippen molar-refractivity contribution in [3.8, 4) is 22.4 Å². The zero-order chi connectivity index (χ0) is 34.3. The van der Waals surface area contributed by atoms with Crippen LogP contribution in [0.4, 0.5) is 11.6 Å². The molecule has 0 spiro atoms. The second-order valence-electron chi connectivity index (χ2n) is 12.9. The van der Waals surface area contributed by atoms with Crippen molar-refractivity contribution in [2.75, 3.05) is 4.67 Å². The van der Waals surface area contributed by atoms with Gasteiger partial charge in [-0.05, 0) is 33.7 Å². The number of hydrogen-bond donors (Lipinski definition) is 0. The minimum absolute atomic E-state index is 0.513. The summed E-state index contributed by atoms with van der Waals surface area (Å²) in [6.07, 6.45) is 0. The van der Waals surface area contributed by atoms with Crippen LogP contribution in [-0.2, 0) is 0 Å². The third kappa shape index (κ3) is 4.28.